The Morgan fingerprint density at radius 1 is 1.15 bits per heavy atom. The average molecular weight is 391 g/mol. The topological polar surface area (TPSA) is 72.5 Å². The molecule has 1 saturated heterocycles. The summed E-state index contributed by atoms with van der Waals surface area (Å²) in [6.45, 7) is 10.00. The zero-order chi connectivity index (χ0) is 19.8. The van der Waals surface area contributed by atoms with Crippen molar-refractivity contribution in [1.29, 1.82) is 0 Å². The van der Waals surface area contributed by atoms with Crippen molar-refractivity contribution in [3.63, 3.8) is 0 Å². The second-order valence-electron chi connectivity index (χ2n) is 6.14. The Morgan fingerprint density at radius 3 is 2.12 bits per heavy atom. The van der Waals surface area contributed by atoms with Crippen LogP contribution in [0, 0.1) is 0 Å². The fourth-order valence-corrected chi connectivity index (χ4v) is 8.25. The molecule has 1 aliphatic heterocycles. The van der Waals surface area contributed by atoms with E-state index in [2.05, 4.69) is 6.58 Å². The third-order valence-electron chi connectivity index (χ3n) is 5.09. The maximum Gasteiger partial charge on any atom is 0.376 e. The van der Waals surface area contributed by atoms with Crippen LogP contribution in [-0.4, -0.2) is 66.2 Å². The summed E-state index contributed by atoms with van der Waals surface area (Å²) in [6, 6.07) is 0.588. The lowest BCUT2D eigenvalue weighted by Crippen LogP contribution is -2.81. The SMILES string of the molecule is C=CC(=O)OC1CC[Si](OC)(OC)C(CCC)(OC)C1(OCC)OCC. The highest BCUT2D eigenvalue weighted by Gasteiger charge is 2.75. The highest BCUT2D eigenvalue weighted by Crippen LogP contribution is 2.52. The number of esters is 1. The second-order valence-corrected chi connectivity index (χ2v) is 9.77. The van der Waals surface area contributed by atoms with Crippen LogP contribution in [0.4, 0.5) is 0 Å². The van der Waals surface area contributed by atoms with E-state index in [4.69, 9.17) is 27.8 Å². The van der Waals surface area contributed by atoms with Crippen molar-refractivity contribution in [2.45, 2.75) is 63.2 Å². The predicted octanol–water partition coefficient (Wildman–Crippen LogP) is 2.72. The summed E-state index contributed by atoms with van der Waals surface area (Å²) in [5.74, 6) is -1.85. The first-order valence-electron chi connectivity index (χ1n) is 9.19. The van der Waals surface area contributed by atoms with E-state index in [0.717, 1.165) is 12.5 Å². The first kappa shape index (κ1) is 23.3. The summed E-state index contributed by atoms with van der Waals surface area (Å²) < 4.78 is 36.2. The fourth-order valence-electron chi connectivity index (χ4n) is 4.19. The standard InChI is InChI=1S/C18H34O7Si/c1-8-13-17(20-5)18(23-10-3,24-11-4)15(25-16(19)9-2)12-14-26(17,21-6)22-7/h9,15H,2,8,10-14H2,1,3-7H3. The maximum absolute atomic E-state index is 12.0. The molecule has 0 aromatic rings. The molecule has 152 valence electrons. The summed E-state index contributed by atoms with van der Waals surface area (Å²) in [5.41, 5.74) is 0. The van der Waals surface area contributed by atoms with Crippen LogP contribution in [0.15, 0.2) is 12.7 Å². The van der Waals surface area contributed by atoms with Crippen LogP contribution in [0.25, 0.3) is 0 Å². The average Bonchev–Trinajstić information content (AvgIpc) is 2.65. The Balaban J connectivity index is 3.66. The molecule has 2 unspecified atom stereocenters. The smallest absolute Gasteiger partial charge is 0.376 e. The lowest BCUT2D eigenvalue weighted by molar-refractivity contribution is -0.352. The lowest BCUT2D eigenvalue weighted by atomic mass is 9.94. The highest BCUT2D eigenvalue weighted by atomic mass is 28.4. The molecule has 26 heavy (non-hydrogen) atoms. The van der Waals surface area contributed by atoms with Crippen molar-refractivity contribution in [3.8, 4) is 0 Å². The van der Waals surface area contributed by atoms with Gasteiger partial charge >= 0.3 is 14.5 Å². The van der Waals surface area contributed by atoms with Gasteiger partial charge in [-0.1, -0.05) is 19.9 Å². The molecule has 0 N–H and O–H groups in total. The third kappa shape index (κ3) is 3.63. The number of carbonyl (C=O) groups is 1. The van der Waals surface area contributed by atoms with Crippen molar-refractivity contribution in [1.82, 2.24) is 0 Å². The quantitative estimate of drug-likeness (QED) is 0.232. The minimum absolute atomic E-state index is 0.356. The maximum atomic E-state index is 12.0. The van der Waals surface area contributed by atoms with Crippen LogP contribution in [-0.2, 0) is 32.6 Å². The molecule has 0 aromatic heterocycles. The van der Waals surface area contributed by atoms with Crippen molar-refractivity contribution in [3.05, 3.63) is 12.7 Å². The first-order chi connectivity index (χ1) is 12.4. The van der Waals surface area contributed by atoms with Crippen molar-refractivity contribution in [2.24, 2.45) is 0 Å². The van der Waals surface area contributed by atoms with E-state index in [1.54, 1.807) is 21.3 Å². The van der Waals surface area contributed by atoms with E-state index in [1.165, 1.54) is 0 Å². The van der Waals surface area contributed by atoms with Gasteiger partial charge < -0.3 is 27.8 Å². The number of carbonyl (C=O) groups excluding carboxylic acids is 1. The van der Waals surface area contributed by atoms with E-state index in [9.17, 15) is 4.79 Å². The van der Waals surface area contributed by atoms with Gasteiger partial charge in [0.2, 0.25) is 5.79 Å². The highest BCUT2D eigenvalue weighted by molar-refractivity contribution is 6.71. The lowest BCUT2D eigenvalue weighted by Gasteiger charge is -2.59. The Morgan fingerprint density at radius 2 is 1.73 bits per heavy atom. The van der Waals surface area contributed by atoms with Crippen LogP contribution in [0.1, 0.15) is 40.0 Å². The van der Waals surface area contributed by atoms with E-state index < -0.39 is 31.6 Å². The Hall–Kier alpha value is -0.773. The molecule has 1 heterocycles. The van der Waals surface area contributed by atoms with Crippen molar-refractivity contribution in [2.75, 3.05) is 34.5 Å². The van der Waals surface area contributed by atoms with E-state index in [1.807, 2.05) is 20.8 Å². The number of methoxy groups -OCH3 is 1. The van der Waals surface area contributed by atoms with Crippen LogP contribution in [0.2, 0.25) is 6.04 Å². The third-order valence-corrected chi connectivity index (χ3v) is 9.39. The van der Waals surface area contributed by atoms with Gasteiger partial charge in [-0.2, -0.15) is 0 Å². The number of rotatable bonds is 11. The van der Waals surface area contributed by atoms with Gasteiger partial charge in [0.15, 0.2) is 11.3 Å². The van der Waals surface area contributed by atoms with Gasteiger partial charge in [-0.25, -0.2) is 4.79 Å². The molecule has 0 spiro atoms. The Bertz CT molecular complexity index is 460. The molecule has 1 aliphatic rings. The number of hydrogen-bond donors (Lipinski definition) is 0. The predicted molar refractivity (Wildman–Crippen MR) is 99.9 cm³/mol. The molecule has 2 atom stereocenters. The monoisotopic (exact) mass is 390 g/mol. The summed E-state index contributed by atoms with van der Waals surface area (Å²) in [4.78, 5) is 12.0. The molecule has 0 radical (unpaired) electrons. The molecule has 7 nitrogen and oxygen atoms in total. The summed E-state index contributed by atoms with van der Waals surface area (Å²) >= 11 is 0. The second kappa shape index (κ2) is 9.96. The van der Waals surface area contributed by atoms with Gasteiger partial charge in [0.05, 0.1) is 0 Å². The van der Waals surface area contributed by atoms with Crippen LogP contribution in [0.3, 0.4) is 0 Å². The van der Waals surface area contributed by atoms with Crippen molar-refractivity contribution < 1.29 is 32.6 Å². The van der Waals surface area contributed by atoms with E-state index in [0.29, 0.717) is 32.1 Å². The van der Waals surface area contributed by atoms with E-state index in [-0.39, 0.29) is 0 Å². The Kier molecular flexibility index (Phi) is 8.91. The number of ether oxygens (including phenoxy) is 4. The minimum Gasteiger partial charge on any atom is -0.453 e. The van der Waals surface area contributed by atoms with Gasteiger partial charge in [0, 0.05) is 40.6 Å². The molecular weight excluding hydrogens is 356 g/mol. The number of hydrogen-bond acceptors (Lipinski definition) is 7. The Labute approximate surface area is 158 Å². The van der Waals surface area contributed by atoms with Gasteiger partial charge in [-0.05, 0) is 32.7 Å². The first-order valence-corrected chi connectivity index (χ1v) is 11.2. The molecule has 0 saturated carbocycles. The van der Waals surface area contributed by atoms with Crippen molar-refractivity contribution >= 4 is 14.5 Å². The largest absolute Gasteiger partial charge is 0.453 e. The molecule has 8 heteroatoms. The van der Waals surface area contributed by atoms with Crippen LogP contribution >= 0.6 is 0 Å². The molecule has 0 aromatic carbocycles. The summed E-state index contributed by atoms with van der Waals surface area (Å²) in [6.07, 6.45) is 2.34. The van der Waals surface area contributed by atoms with Gasteiger partial charge in [0.1, 0.15) is 0 Å². The van der Waals surface area contributed by atoms with Crippen LogP contribution in [0.5, 0.6) is 0 Å². The fraction of sp³-hybridized carbons (Fsp3) is 0.833. The molecular formula is C18H34O7Si. The molecule has 0 amide bonds. The molecule has 1 rings (SSSR count). The molecule has 0 bridgehead atoms. The van der Waals surface area contributed by atoms with Gasteiger partial charge in [-0.3, -0.25) is 0 Å². The van der Waals surface area contributed by atoms with Gasteiger partial charge in [0.25, 0.3) is 0 Å². The normalized spacial score (nSPS) is 27.1. The van der Waals surface area contributed by atoms with Gasteiger partial charge in [-0.15, -0.1) is 0 Å². The molecule has 1 fully saturated rings. The zero-order valence-electron chi connectivity index (χ0n) is 17.0. The molecule has 0 aliphatic carbocycles. The minimum atomic E-state index is -2.93. The summed E-state index contributed by atoms with van der Waals surface area (Å²) in [7, 11) is 1.95. The van der Waals surface area contributed by atoms with Crippen LogP contribution < -0.4 is 0 Å². The zero-order valence-corrected chi connectivity index (χ0v) is 18.0. The van der Waals surface area contributed by atoms with E-state index >= 15 is 0 Å². The summed E-state index contributed by atoms with van der Waals surface area (Å²) in [5, 5.41) is -1.01.